The molecule has 1 N–H and O–H groups in total. The minimum absolute atomic E-state index is 0.352. The summed E-state index contributed by atoms with van der Waals surface area (Å²) in [4.78, 5) is 0. The molecule has 1 aliphatic rings. The predicted molar refractivity (Wildman–Crippen MR) is 63.4 cm³/mol. The molecule has 1 aliphatic heterocycles. The molecule has 0 aromatic carbocycles. The van der Waals surface area contributed by atoms with Crippen molar-refractivity contribution < 1.29 is 9.31 Å². The van der Waals surface area contributed by atoms with Crippen molar-refractivity contribution in [3.05, 3.63) is 24.5 Å². The monoisotopic (exact) mass is 220 g/mol. The van der Waals surface area contributed by atoms with Crippen LogP contribution in [-0.2, 0) is 9.31 Å². The lowest BCUT2D eigenvalue weighted by Gasteiger charge is -2.33. The lowest BCUT2D eigenvalue weighted by atomic mass is 9.82. The van der Waals surface area contributed by atoms with E-state index in [2.05, 4.69) is 10.2 Å². The molecular formula is C11H17BN2O2. The van der Waals surface area contributed by atoms with Gasteiger partial charge in [0.15, 0.2) is 0 Å². The van der Waals surface area contributed by atoms with E-state index in [1.54, 1.807) is 12.4 Å². The summed E-state index contributed by atoms with van der Waals surface area (Å²) in [5.74, 6) is 0. The smallest absolute Gasteiger partial charge is 0.399 e. The van der Waals surface area contributed by atoms with Crippen molar-refractivity contribution >= 4 is 12.6 Å². The Bertz CT molecular complexity index is 389. The Labute approximate surface area is 96.2 Å². The fraction of sp³-hybridized carbons (Fsp3) is 0.545. The summed E-state index contributed by atoms with van der Waals surface area (Å²) in [6.07, 6.45) is 7.54. The van der Waals surface area contributed by atoms with Crippen LogP contribution in [0.2, 0.25) is 0 Å². The standard InChI is InChI=1S/C11H17BN2O2/c1-5-6-11(4)10(2,3)15-12(16-11)9-7-13-14-8-9/h5-8H,1-4H3,(H,13,14)/b6-5+. The lowest BCUT2D eigenvalue weighted by Crippen LogP contribution is -2.42. The van der Waals surface area contributed by atoms with Gasteiger partial charge in [-0.15, -0.1) is 0 Å². The third-order valence-corrected chi connectivity index (χ3v) is 3.23. The molecule has 86 valence electrons. The van der Waals surface area contributed by atoms with Crippen molar-refractivity contribution in [2.45, 2.75) is 38.9 Å². The highest BCUT2D eigenvalue weighted by Crippen LogP contribution is 2.38. The van der Waals surface area contributed by atoms with Crippen molar-refractivity contribution in [2.75, 3.05) is 0 Å². The number of hydrogen-bond acceptors (Lipinski definition) is 3. The van der Waals surface area contributed by atoms with E-state index in [1.807, 2.05) is 39.8 Å². The average Bonchev–Trinajstić information content (AvgIpc) is 2.74. The largest absolute Gasteiger partial charge is 0.498 e. The molecule has 1 atom stereocenters. The number of allylic oxidation sites excluding steroid dienone is 1. The minimum atomic E-state index is -0.413. The number of nitrogens with zero attached hydrogens (tertiary/aromatic N) is 1. The van der Waals surface area contributed by atoms with E-state index < -0.39 is 5.60 Å². The maximum atomic E-state index is 5.98. The van der Waals surface area contributed by atoms with Gasteiger partial charge >= 0.3 is 7.12 Å². The number of aromatic amines is 1. The van der Waals surface area contributed by atoms with Gasteiger partial charge in [-0.3, -0.25) is 5.10 Å². The summed E-state index contributed by atoms with van der Waals surface area (Å²) in [6.45, 7) is 8.09. The zero-order valence-electron chi connectivity index (χ0n) is 10.2. The predicted octanol–water partition coefficient (Wildman–Crippen LogP) is 1.27. The molecule has 0 spiro atoms. The van der Waals surface area contributed by atoms with E-state index in [-0.39, 0.29) is 12.7 Å². The maximum absolute atomic E-state index is 5.98. The van der Waals surface area contributed by atoms with E-state index in [0.717, 1.165) is 5.46 Å². The van der Waals surface area contributed by atoms with E-state index in [9.17, 15) is 0 Å². The number of rotatable bonds is 2. The molecule has 5 heteroatoms. The zero-order valence-corrected chi connectivity index (χ0v) is 10.2. The molecule has 0 aliphatic carbocycles. The van der Waals surface area contributed by atoms with E-state index >= 15 is 0 Å². The Kier molecular flexibility index (Phi) is 2.68. The SMILES string of the molecule is C/C=C/C1(C)OB(c2cn[nH]c2)OC1(C)C. The van der Waals surface area contributed by atoms with E-state index in [1.165, 1.54) is 0 Å². The zero-order chi connectivity index (χ0) is 11.8. The van der Waals surface area contributed by atoms with Gasteiger partial charge in [0.25, 0.3) is 0 Å². The summed E-state index contributed by atoms with van der Waals surface area (Å²) in [5, 5.41) is 6.67. The number of H-pyrrole nitrogens is 1. The molecule has 0 saturated carbocycles. The van der Waals surface area contributed by atoms with Crippen LogP contribution in [-0.4, -0.2) is 28.5 Å². The van der Waals surface area contributed by atoms with Gasteiger partial charge in [-0.2, -0.15) is 5.10 Å². The van der Waals surface area contributed by atoms with Gasteiger partial charge in [0.1, 0.15) is 0 Å². The van der Waals surface area contributed by atoms with Crippen LogP contribution in [0.3, 0.4) is 0 Å². The van der Waals surface area contributed by atoms with Crippen molar-refractivity contribution in [2.24, 2.45) is 0 Å². The van der Waals surface area contributed by atoms with Crippen LogP contribution in [0.5, 0.6) is 0 Å². The quantitative estimate of drug-likeness (QED) is 0.603. The van der Waals surface area contributed by atoms with Gasteiger partial charge in [-0.25, -0.2) is 0 Å². The first-order valence-electron chi connectivity index (χ1n) is 5.47. The Morgan fingerprint density at radius 3 is 2.69 bits per heavy atom. The van der Waals surface area contributed by atoms with Gasteiger partial charge in [-0.1, -0.05) is 12.2 Å². The maximum Gasteiger partial charge on any atom is 0.498 e. The Hall–Kier alpha value is -1.07. The highest BCUT2D eigenvalue weighted by Gasteiger charge is 2.53. The van der Waals surface area contributed by atoms with E-state index in [4.69, 9.17) is 9.31 Å². The number of aromatic nitrogens is 2. The van der Waals surface area contributed by atoms with Gasteiger partial charge in [0.05, 0.1) is 11.2 Å². The third kappa shape index (κ3) is 1.70. The molecule has 1 saturated heterocycles. The summed E-state index contributed by atoms with van der Waals surface area (Å²) >= 11 is 0. The van der Waals surface area contributed by atoms with Crippen molar-refractivity contribution in [1.29, 1.82) is 0 Å². The molecule has 0 bridgehead atoms. The first-order valence-corrected chi connectivity index (χ1v) is 5.47. The van der Waals surface area contributed by atoms with E-state index in [0.29, 0.717) is 0 Å². The summed E-state index contributed by atoms with van der Waals surface area (Å²) in [7, 11) is -0.352. The first-order chi connectivity index (χ1) is 7.48. The Morgan fingerprint density at radius 1 is 1.38 bits per heavy atom. The second kappa shape index (κ2) is 3.75. The molecular weight excluding hydrogens is 203 g/mol. The minimum Gasteiger partial charge on any atom is -0.399 e. The van der Waals surface area contributed by atoms with Crippen LogP contribution in [0.25, 0.3) is 0 Å². The topological polar surface area (TPSA) is 47.1 Å². The lowest BCUT2D eigenvalue weighted by molar-refractivity contribution is 0.0284. The van der Waals surface area contributed by atoms with Crippen LogP contribution in [0.4, 0.5) is 0 Å². The molecule has 0 radical (unpaired) electrons. The highest BCUT2D eigenvalue weighted by atomic mass is 16.7. The molecule has 16 heavy (non-hydrogen) atoms. The molecule has 4 nitrogen and oxygen atoms in total. The van der Waals surface area contributed by atoms with Crippen LogP contribution < -0.4 is 5.46 Å². The van der Waals surface area contributed by atoms with Crippen molar-refractivity contribution in [3.63, 3.8) is 0 Å². The Morgan fingerprint density at radius 2 is 2.12 bits per heavy atom. The van der Waals surface area contributed by atoms with Gasteiger partial charge < -0.3 is 9.31 Å². The summed E-state index contributed by atoms with van der Waals surface area (Å²) < 4.78 is 11.9. The normalized spacial score (nSPS) is 29.1. The van der Waals surface area contributed by atoms with Gasteiger partial charge in [0, 0.05) is 17.9 Å². The van der Waals surface area contributed by atoms with Gasteiger partial charge in [-0.05, 0) is 27.7 Å². The molecule has 2 heterocycles. The summed E-state index contributed by atoms with van der Waals surface area (Å²) in [5.41, 5.74) is 0.145. The van der Waals surface area contributed by atoms with Crippen LogP contribution in [0.1, 0.15) is 27.7 Å². The van der Waals surface area contributed by atoms with Crippen LogP contribution in [0.15, 0.2) is 24.5 Å². The first kappa shape index (κ1) is 11.4. The molecule has 1 fully saturated rings. The second-order valence-electron chi connectivity index (χ2n) is 4.72. The molecule has 0 amide bonds. The third-order valence-electron chi connectivity index (χ3n) is 3.23. The van der Waals surface area contributed by atoms with Gasteiger partial charge in [0.2, 0.25) is 0 Å². The molecule has 2 rings (SSSR count). The molecule has 1 aromatic heterocycles. The van der Waals surface area contributed by atoms with Crippen LogP contribution in [0, 0.1) is 0 Å². The van der Waals surface area contributed by atoms with Crippen LogP contribution >= 0.6 is 0 Å². The van der Waals surface area contributed by atoms with Crippen molar-refractivity contribution in [3.8, 4) is 0 Å². The average molecular weight is 220 g/mol. The molecule has 1 unspecified atom stereocenters. The fourth-order valence-corrected chi connectivity index (χ4v) is 1.86. The summed E-state index contributed by atoms with van der Waals surface area (Å²) in [6, 6.07) is 0. The number of hydrogen-bond donors (Lipinski definition) is 1. The molecule has 1 aromatic rings. The highest BCUT2D eigenvalue weighted by molar-refractivity contribution is 6.62. The second-order valence-corrected chi connectivity index (χ2v) is 4.72. The number of nitrogens with one attached hydrogen (secondary N) is 1. The Balaban J connectivity index is 2.26. The van der Waals surface area contributed by atoms with Crippen molar-refractivity contribution in [1.82, 2.24) is 10.2 Å². The fourth-order valence-electron chi connectivity index (χ4n) is 1.86.